The molecule has 2 nitrogen and oxygen atoms in total. The van der Waals surface area contributed by atoms with Gasteiger partial charge in [0.15, 0.2) is 0 Å². The van der Waals surface area contributed by atoms with Gasteiger partial charge in [0.05, 0.1) is 16.7 Å². The minimum atomic E-state index is 1.09. The average Bonchev–Trinajstić information content (AvgIpc) is 3.70. The molecule has 0 saturated carbocycles. The number of anilines is 3. The molecule has 292 valence electrons. The first-order valence-electron chi connectivity index (χ1n) is 21.3. The maximum Gasteiger partial charge on any atom is 0.0619 e. The van der Waals surface area contributed by atoms with Gasteiger partial charge < -0.3 is 9.47 Å². The number of nitrogens with zero attached hydrogens (tertiary/aromatic N) is 2. The van der Waals surface area contributed by atoms with Crippen LogP contribution in [0, 0.1) is 0 Å². The third kappa shape index (κ3) is 6.84. The second-order valence-electron chi connectivity index (χ2n) is 15.7. The van der Waals surface area contributed by atoms with Gasteiger partial charge in [-0.2, -0.15) is 0 Å². The van der Waals surface area contributed by atoms with Gasteiger partial charge in [-0.25, -0.2) is 0 Å². The molecule has 0 spiro atoms. The van der Waals surface area contributed by atoms with Crippen LogP contribution in [-0.4, -0.2) is 4.57 Å². The molecule has 0 amide bonds. The van der Waals surface area contributed by atoms with Gasteiger partial charge in [-0.05, 0) is 99.1 Å². The third-order valence-corrected chi connectivity index (χ3v) is 12.0. The van der Waals surface area contributed by atoms with Crippen LogP contribution in [0.4, 0.5) is 17.1 Å². The molecule has 0 saturated heterocycles. The Morgan fingerprint density at radius 3 is 1.26 bits per heavy atom. The molecule has 0 atom stereocenters. The molecule has 10 aromatic carbocycles. The Kier molecular flexibility index (Phi) is 9.57. The molecule has 0 aliphatic heterocycles. The van der Waals surface area contributed by atoms with E-state index >= 15 is 0 Å². The van der Waals surface area contributed by atoms with Crippen LogP contribution in [0.1, 0.15) is 0 Å². The first-order valence-corrected chi connectivity index (χ1v) is 21.3. The Labute approximate surface area is 362 Å². The summed E-state index contributed by atoms with van der Waals surface area (Å²) < 4.78 is 2.48. The highest BCUT2D eigenvalue weighted by Crippen LogP contribution is 2.42. The second-order valence-corrected chi connectivity index (χ2v) is 15.7. The lowest BCUT2D eigenvalue weighted by atomic mass is 9.97. The van der Waals surface area contributed by atoms with Gasteiger partial charge >= 0.3 is 0 Å². The van der Waals surface area contributed by atoms with Crippen LogP contribution in [0.25, 0.3) is 83.1 Å². The van der Waals surface area contributed by atoms with Crippen LogP contribution in [0.3, 0.4) is 0 Å². The molecule has 62 heavy (non-hydrogen) atoms. The molecule has 0 radical (unpaired) electrons. The highest BCUT2D eigenvalue weighted by atomic mass is 15.1. The van der Waals surface area contributed by atoms with Crippen molar-refractivity contribution >= 4 is 38.9 Å². The van der Waals surface area contributed by atoms with E-state index in [0.29, 0.717) is 0 Å². The molecule has 0 fully saturated rings. The summed E-state index contributed by atoms with van der Waals surface area (Å²) in [5, 5.41) is 2.47. The number of para-hydroxylation sites is 3. The summed E-state index contributed by atoms with van der Waals surface area (Å²) in [6.07, 6.45) is 0. The molecular weight excluding hydrogens is 749 g/mol. The number of rotatable bonds is 9. The van der Waals surface area contributed by atoms with E-state index in [9.17, 15) is 0 Å². The molecule has 0 unspecified atom stereocenters. The van der Waals surface area contributed by atoms with Crippen molar-refractivity contribution in [3.05, 3.63) is 255 Å². The van der Waals surface area contributed by atoms with E-state index in [-0.39, 0.29) is 0 Å². The van der Waals surface area contributed by atoms with E-state index in [1.165, 1.54) is 71.9 Å². The molecule has 1 heterocycles. The van der Waals surface area contributed by atoms with E-state index in [1.54, 1.807) is 0 Å². The average molecular weight is 791 g/mol. The van der Waals surface area contributed by atoms with Gasteiger partial charge in [0, 0.05) is 39.0 Å². The molecule has 1 aromatic heterocycles. The van der Waals surface area contributed by atoms with E-state index < -0.39 is 0 Å². The first-order chi connectivity index (χ1) is 30.8. The predicted molar refractivity (Wildman–Crippen MR) is 263 cm³/mol. The zero-order valence-electron chi connectivity index (χ0n) is 34.1. The van der Waals surface area contributed by atoms with E-state index in [2.05, 4.69) is 264 Å². The Bertz CT molecular complexity index is 3210. The molecule has 0 aliphatic rings. The fourth-order valence-corrected chi connectivity index (χ4v) is 9.02. The summed E-state index contributed by atoms with van der Waals surface area (Å²) >= 11 is 0. The number of hydrogen-bond acceptors (Lipinski definition) is 1. The summed E-state index contributed by atoms with van der Waals surface area (Å²) in [7, 11) is 0. The SMILES string of the molecule is c1ccc(-c2ccc(N(c3ccc(-c4ccccc4)cc3)c3ccc(-c4ccccc4-n4c5ccccc5c5cccc(-c6cccc(-c7ccccc7)c6)c54)cc3)cc2)cc1. The van der Waals surface area contributed by atoms with Crippen molar-refractivity contribution in [3.8, 4) is 61.3 Å². The monoisotopic (exact) mass is 790 g/mol. The second kappa shape index (κ2) is 16.1. The van der Waals surface area contributed by atoms with Crippen LogP contribution < -0.4 is 4.90 Å². The zero-order chi connectivity index (χ0) is 41.2. The van der Waals surface area contributed by atoms with Crippen molar-refractivity contribution in [1.82, 2.24) is 4.57 Å². The molecular formula is C60H42N2. The normalized spacial score (nSPS) is 11.2. The largest absolute Gasteiger partial charge is 0.311 e. The van der Waals surface area contributed by atoms with Crippen molar-refractivity contribution in [2.24, 2.45) is 0 Å². The maximum absolute atomic E-state index is 2.48. The van der Waals surface area contributed by atoms with Crippen LogP contribution in [0.2, 0.25) is 0 Å². The summed E-state index contributed by atoms with van der Waals surface area (Å²) in [6, 6.07) is 92.0. The van der Waals surface area contributed by atoms with Crippen molar-refractivity contribution in [2.45, 2.75) is 0 Å². The molecule has 11 rings (SSSR count). The Hall–Kier alpha value is -8.20. The number of benzene rings is 10. The van der Waals surface area contributed by atoms with Crippen molar-refractivity contribution in [1.29, 1.82) is 0 Å². The fourth-order valence-electron chi connectivity index (χ4n) is 9.02. The molecule has 2 heteroatoms. The number of aromatic nitrogens is 1. The van der Waals surface area contributed by atoms with Gasteiger partial charge in [-0.1, -0.05) is 200 Å². The topological polar surface area (TPSA) is 8.17 Å². The maximum atomic E-state index is 2.48. The van der Waals surface area contributed by atoms with Crippen LogP contribution >= 0.6 is 0 Å². The quantitative estimate of drug-likeness (QED) is 0.141. The minimum Gasteiger partial charge on any atom is -0.311 e. The van der Waals surface area contributed by atoms with Gasteiger partial charge in [0.2, 0.25) is 0 Å². The van der Waals surface area contributed by atoms with Crippen LogP contribution in [0.5, 0.6) is 0 Å². The summed E-state index contributed by atoms with van der Waals surface area (Å²) in [5.74, 6) is 0. The fraction of sp³-hybridized carbons (Fsp3) is 0. The van der Waals surface area contributed by atoms with Gasteiger partial charge in [0.25, 0.3) is 0 Å². The summed E-state index contributed by atoms with van der Waals surface area (Å²) in [4.78, 5) is 2.35. The summed E-state index contributed by atoms with van der Waals surface area (Å²) in [5.41, 5.74) is 18.7. The van der Waals surface area contributed by atoms with Gasteiger partial charge in [-0.15, -0.1) is 0 Å². The number of fused-ring (bicyclic) bond motifs is 3. The minimum absolute atomic E-state index is 1.09. The van der Waals surface area contributed by atoms with Crippen LogP contribution in [0.15, 0.2) is 255 Å². The van der Waals surface area contributed by atoms with E-state index in [0.717, 1.165) is 28.3 Å². The highest BCUT2D eigenvalue weighted by molar-refractivity contribution is 6.14. The Balaban J connectivity index is 1.02. The van der Waals surface area contributed by atoms with E-state index in [1.807, 2.05) is 0 Å². The van der Waals surface area contributed by atoms with Crippen molar-refractivity contribution in [2.75, 3.05) is 4.90 Å². The molecule has 11 aromatic rings. The van der Waals surface area contributed by atoms with Gasteiger partial charge in [0.1, 0.15) is 0 Å². The summed E-state index contributed by atoms with van der Waals surface area (Å²) in [6.45, 7) is 0. The third-order valence-electron chi connectivity index (χ3n) is 12.0. The van der Waals surface area contributed by atoms with Crippen molar-refractivity contribution < 1.29 is 0 Å². The molecule has 0 N–H and O–H groups in total. The smallest absolute Gasteiger partial charge is 0.0619 e. The first kappa shape index (κ1) is 36.8. The number of hydrogen-bond donors (Lipinski definition) is 0. The lowest BCUT2D eigenvalue weighted by molar-refractivity contribution is 1.18. The van der Waals surface area contributed by atoms with Crippen molar-refractivity contribution in [3.63, 3.8) is 0 Å². The standard InChI is InChI=1S/C60H42N2/c1-4-16-43(17-5-1)46-30-36-51(37-31-46)61(52-38-32-47(33-39-52)44-18-6-2-7-19-44)53-40-34-48(35-41-53)54-24-10-12-28-58(54)62-59-29-13-11-25-56(59)57-27-15-26-55(60(57)62)50-23-14-22-49(42-50)45-20-8-3-9-21-45/h1-42H. The Morgan fingerprint density at radius 1 is 0.258 bits per heavy atom. The Morgan fingerprint density at radius 2 is 0.661 bits per heavy atom. The lowest BCUT2D eigenvalue weighted by Crippen LogP contribution is -2.09. The molecule has 0 bridgehead atoms. The highest BCUT2D eigenvalue weighted by Gasteiger charge is 2.20. The molecule has 0 aliphatic carbocycles. The zero-order valence-corrected chi connectivity index (χ0v) is 34.1. The van der Waals surface area contributed by atoms with E-state index in [4.69, 9.17) is 0 Å². The lowest BCUT2D eigenvalue weighted by Gasteiger charge is -2.26. The predicted octanol–water partition coefficient (Wildman–Crippen LogP) is 16.6. The van der Waals surface area contributed by atoms with Gasteiger partial charge in [-0.3, -0.25) is 0 Å². The van der Waals surface area contributed by atoms with Crippen LogP contribution in [-0.2, 0) is 0 Å².